The Bertz CT molecular complexity index is 1430. The van der Waals surface area contributed by atoms with Gasteiger partial charge in [-0.3, -0.25) is 19.5 Å². The van der Waals surface area contributed by atoms with Crippen LogP contribution in [-0.4, -0.2) is 26.8 Å². The Hall–Kier alpha value is -4.70. The van der Waals surface area contributed by atoms with Crippen LogP contribution in [0.1, 0.15) is 22.9 Å². The van der Waals surface area contributed by atoms with Crippen LogP contribution in [0.25, 0.3) is 16.7 Å². The van der Waals surface area contributed by atoms with E-state index in [0.717, 1.165) is 10.9 Å². The van der Waals surface area contributed by atoms with Gasteiger partial charge in [0.05, 0.1) is 22.9 Å². The molecule has 0 spiro atoms. The van der Waals surface area contributed by atoms with E-state index in [1.807, 2.05) is 30.3 Å². The number of amides is 1. The van der Waals surface area contributed by atoms with Gasteiger partial charge < -0.3 is 10.1 Å². The third-order valence-corrected chi connectivity index (χ3v) is 5.53. The van der Waals surface area contributed by atoms with E-state index in [0.29, 0.717) is 22.5 Å². The van der Waals surface area contributed by atoms with Crippen molar-refractivity contribution in [1.82, 2.24) is 9.97 Å². The molecule has 1 amide bonds. The van der Waals surface area contributed by atoms with Crippen molar-refractivity contribution in [2.75, 3.05) is 4.90 Å². The Labute approximate surface area is 182 Å². The number of anilines is 1. The molecule has 1 unspecified atom stereocenters. The van der Waals surface area contributed by atoms with Gasteiger partial charge in [-0.25, -0.2) is 0 Å². The highest BCUT2D eigenvalue weighted by molar-refractivity contribution is 6.51. The van der Waals surface area contributed by atoms with Gasteiger partial charge in [-0.1, -0.05) is 24.3 Å². The molecule has 7 nitrogen and oxygen atoms in total. The number of nitriles is 1. The van der Waals surface area contributed by atoms with E-state index >= 15 is 0 Å². The van der Waals surface area contributed by atoms with Crippen molar-refractivity contribution in [3.8, 4) is 6.07 Å². The van der Waals surface area contributed by atoms with Crippen LogP contribution in [0.2, 0.25) is 0 Å². The highest BCUT2D eigenvalue weighted by Gasteiger charge is 2.47. The number of para-hydroxylation sites is 1. The summed E-state index contributed by atoms with van der Waals surface area (Å²) < 4.78 is 0. The number of aromatic nitrogens is 2. The zero-order valence-electron chi connectivity index (χ0n) is 16.7. The number of aromatic amines is 1. The maximum Gasteiger partial charge on any atom is 0.300 e. The first-order valence-corrected chi connectivity index (χ1v) is 9.88. The smallest absolute Gasteiger partial charge is 0.300 e. The molecule has 0 aliphatic carbocycles. The van der Waals surface area contributed by atoms with Crippen LogP contribution in [0, 0.1) is 11.3 Å². The molecule has 2 N–H and O–H groups in total. The predicted molar refractivity (Wildman–Crippen MR) is 118 cm³/mol. The molecule has 0 saturated carbocycles. The number of Topliss-reactive ketones (excluding diaryl/α,β-unsaturated/α-hetero) is 1. The number of aliphatic hydroxyl groups excluding tert-OH is 1. The zero-order chi connectivity index (χ0) is 22.2. The largest absolute Gasteiger partial charge is 0.507 e. The Morgan fingerprint density at radius 1 is 1.03 bits per heavy atom. The van der Waals surface area contributed by atoms with Gasteiger partial charge in [0.1, 0.15) is 11.8 Å². The number of carbonyl (C=O) groups is 2. The summed E-state index contributed by atoms with van der Waals surface area (Å²) in [5.41, 5.74) is 2.49. The summed E-state index contributed by atoms with van der Waals surface area (Å²) >= 11 is 0. The average molecular weight is 420 g/mol. The summed E-state index contributed by atoms with van der Waals surface area (Å²) in [7, 11) is 0. The minimum absolute atomic E-state index is 0.0391. The topological polar surface area (TPSA) is 110 Å². The molecule has 0 bridgehead atoms. The quantitative estimate of drug-likeness (QED) is 0.295. The molecule has 2 aromatic carbocycles. The first kappa shape index (κ1) is 19.3. The number of hydrogen-bond donors (Lipinski definition) is 2. The third-order valence-electron chi connectivity index (χ3n) is 5.53. The van der Waals surface area contributed by atoms with Gasteiger partial charge in [0.25, 0.3) is 11.7 Å². The van der Waals surface area contributed by atoms with E-state index in [2.05, 4.69) is 9.97 Å². The number of nitrogens with zero attached hydrogens (tertiary/aromatic N) is 3. The lowest BCUT2D eigenvalue weighted by Crippen LogP contribution is -2.29. The number of hydrogen-bond acceptors (Lipinski definition) is 5. The normalized spacial score (nSPS) is 17.6. The number of aliphatic hydroxyl groups is 1. The van der Waals surface area contributed by atoms with E-state index in [4.69, 9.17) is 5.26 Å². The van der Waals surface area contributed by atoms with Crippen molar-refractivity contribution in [3.63, 3.8) is 0 Å². The molecule has 3 heterocycles. The maximum atomic E-state index is 13.2. The molecular weight excluding hydrogens is 404 g/mol. The summed E-state index contributed by atoms with van der Waals surface area (Å²) in [5.74, 6) is -1.84. The van der Waals surface area contributed by atoms with Gasteiger partial charge >= 0.3 is 0 Å². The van der Waals surface area contributed by atoms with Crippen LogP contribution in [0.15, 0.2) is 84.7 Å². The van der Waals surface area contributed by atoms with Crippen LogP contribution < -0.4 is 4.90 Å². The molecule has 5 rings (SSSR count). The fourth-order valence-corrected chi connectivity index (χ4v) is 4.03. The molecule has 1 fully saturated rings. The fraction of sp³-hybridized carbons (Fsp3) is 0.0400. The number of benzene rings is 2. The maximum absolute atomic E-state index is 13.2. The lowest BCUT2D eigenvalue weighted by atomic mass is 9.98. The molecule has 154 valence electrons. The number of nitrogens with one attached hydrogen (secondary N) is 1. The SMILES string of the molecule is N#Cc1ccc(N2C(=O)C(=O)/C(=C(\O)c3c[nH]c4ccccc34)C2c2ccccn2)cc1. The number of H-pyrrole nitrogens is 1. The first-order valence-electron chi connectivity index (χ1n) is 9.88. The molecule has 32 heavy (non-hydrogen) atoms. The molecule has 7 heteroatoms. The van der Waals surface area contributed by atoms with E-state index in [-0.39, 0.29) is 11.3 Å². The molecule has 1 aliphatic heterocycles. The Morgan fingerprint density at radius 2 is 1.78 bits per heavy atom. The summed E-state index contributed by atoms with van der Waals surface area (Å²) in [6.45, 7) is 0. The Balaban J connectivity index is 1.74. The van der Waals surface area contributed by atoms with E-state index < -0.39 is 17.7 Å². The number of carbonyl (C=O) groups excluding carboxylic acids is 2. The highest BCUT2D eigenvalue weighted by atomic mass is 16.3. The molecule has 2 aromatic heterocycles. The molecular formula is C25H16N4O3. The van der Waals surface area contributed by atoms with Gasteiger partial charge in [0, 0.05) is 34.5 Å². The summed E-state index contributed by atoms with van der Waals surface area (Å²) in [5, 5.41) is 21.1. The second kappa shape index (κ2) is 7.52. The van der Waals surface area contributed by atoms with Crippen LogP contribution in [0.5, 0.6) is 0 Å². The molecule has 1 saturated heterocycles. The number of fused-ring (bicyclic) bond motifs is 1. The highest BCUT2D eigenvalue weighted by Crippen LogP contribution is 2.42. The predicted octanol–water partition coefficient (Wildman–Crippen LogP) is 4.06. The van der Waals surface area contributed by atoms with Crippen molar-refractivity contribution in [2.24, 2.45) is 0 Å². The summed E-state index contributed by atoms with van der Waals surface area (Å²) in [4.78, 5) is 35.0. The van der Waals surface area contributed by atoms with Crippen LogP contribution in [-0.2, 0) is 9.59 Å². The minimum atomic E-state index is -0.919. The Morgan fingerprint density at radius 3 is 2.50 bits per heavy atom. The lowest BCUT2D eigenvalue weighted by Gasteiger charge is -2.24. The number of pyridine rings is 1. The van der Waals surface area contributed by atoms with E-state index in [1.54, 1.807) is 54.9 Å². The average Bonchev–Trinajstić information content (AvgIpc) is 3.38. The van der Waals surface area contributed by atoms with Crippen molar-refractivity contribution < 1.29 is 14.7 Å². The summed E-state index contributed by atoms with van der Waals surface area (Å²) in [6.07, 6.45) is 3.19. The van der Waals surface area contributed by atoms with Crippen LogP contribution >= 0.6 is 0 Å². The van der Waals surface area contributed by atoms with Gasteiger partial charge in [0.2, 0.25) is 0 Å². The van der Waals surface area contributed by atoms with E-state index in [9.17, 15) is 14.7 Å². The zero-order valence-corrected chi connectivity index (χ0v) is 16.7. The first-order chi connectivity index (χ1) is 15.6. The summed E-state index contributed by atoms with van der Waals surface area (Å²) in [6, 6.07) is 20.0. The second-order valence-corrected chi connectivity index (χ2v) is 7.33. The van der Waals surface area contributed by atoms with Gasteiger partial charge in [-0.2, -0.15) is 5.26 Å². The molecule has 1 aliphatic rings. The van der Waals surface area contributed by atoms with Gasteiger partial charge in [0.15, 0.2) is 0 Å². The minimum Gasteiger partial charge on any atom is -0.507 e. The standard InChI is InChI=1S/C25H16N4O3/c26-13-15-8-10-16(11-9-15)29-22(20-7-3-4-12-27-20)21(24(31)25(29)32)23(30)18-14-28-19-6-2-1-5-17(18)19/h1-12,14,22,28,30H/b23-21-. The third kappa shape index (κ3) is 2.94. The van der Waals surface area contributed by atoms with Gasteiger partial charge in [-0.15, -0.1) is 0 Å². The number of rotatable bonds is 3. The Kier molecular flexibility index (Phi) is 4.53. The van der Waals surface area contributed by atoms with Crippen LogP contribution in [0.3, 0.4) is 0 Å². The molecule has 0 radical (unpaired) electrons. The number of ketones is 1. The van der Waals surface area contributed by atoms with E-state index in [1.165, 1.54) is 4.90 Å². The fourth-order valence-electron chi connectivity index (χ4n) is 4.03. The van der Waals surface area contributed by atoms with Crippen molar-refractivity contribution in [2.45, 2.75) is 6.04 Å². The lowest BCUT2D eigenvalue weighted by molar-refractivity contribution is -0.132. The second-order valence-electron chi connectivity index (χ2n) is 7.33. The van der Waals surface area contributed by atoms with Gasteiger partial charge in [-0.05, 0) is 42.5 Å². The van der Waals surface area contributed by atoms with Crippen molar-refractivity contribution in [1.29, 1.82) is 5.26 Å². The van der Waals surface area contributed by atoms with Crippen molar-refractivity contribution >= 4 is 34.0 Å². The van der Waals surface area contributed by atoms with Crippen LogP contribution in [0.4, 0.5) is 5.69 Å². The monoisotopic (exact) mass is 420 g/mol. The molecule has 4 aromatic rings. The molecule has 1 atom stereocenters. The van der Waals surface area contributed by atoms with Crippen molar-refractivity contribution in [3.05, 3.63) is 102 Å².